The van der Waals surface area contributed by atoms with Crippen molar-refractivity contribution in [1.29, 1.82) is 0 Å². The maximum absolute atomic E-state index is 4.44. The molecule has 2 saturated heterocycles. The minimum atomic E-state index is 0.724. The molecule has 1 aromatic heterocycles. The highest BCUT2D eigenvalue weighted by Gasteiger charge is 2.29. The van der Waals surface area contributed by atoms with Gasteiger partial charge in [-0.1, -0.05) is 6.42 Å². The molecule has 0 radical (unpaired) electrons. The molecule has 0 aliphatic carbocycles. The van der Waals surface area contributed by atoms with Crippen molar-refractivity contribution in [2.24, 2.45) is 0 Å². The molecule has 0 spiro atoms. The molecule has 1 atom stereocenters. The lowest BCUT2D eigenvalue weighted by molar-refractivity contribution is 0.133. The summed E-state index contributed by atoms with van der Waals surface area (Å²) in [4.78, 5) is 13.8. The monoisotopic (exact) mass is 232 g/mol. The Morgan fingerprint density at radius 2 is 1.94 bits per heavy atom. The quantitative estimate of drug-likeness (QED) is 0.734. The first-order chi connectivity index (χ1) is 8.33. The van der Waals surface area contributed by atoms with Gasteiger partial charge in [-0.15, -0.1) is 0 Å². The Kier molecular flexibility index (Phi) is 2.97. The molecule has 0 amide bonds. The van der Waals surface area contributed by atoms with Gasteiger partial charge in [-0.2, -0.15) is 0 Å². The van der Waals surface area contributed by atoms with E-state index in [2.05, 4.69) is 19.8 Å². The van der Waals surface area contributed by atoms with Crippen LogP contribution in [-0.2, 0) is 0 Å². The number of nitrogens with zero attached hydrogens (tertiary/aromatic N) is 4. The summed E-state index contributed by atoms with van der Waals surface area (Å²) in [6.45, 7) is 6.65. The highest BCUT2D eigenvalue weighted by Crippen LogP contribution is 2.22. The number of hydrogen-bond acceptors (Lipinski definition) is 4. The average molecular weight is 232 g/mol. The van der Waals surface area contributed by atoms with Gasteiger partial charge in [0.05, 0.1) is 0 Å². The van der Waals surface area contributed by atoms with Crippen molar-refractivity contribution >= 4 is 5.95 Å². The summed E-state index contributed by atoms with van der Waals surface area (Å²) in [5, 5.41) is 0. The Hall–Kier alpha value is -1.16. The van der Waals surface area contributed by atoms with Crippen LogP contribution in [0.3, 0.4) is 0 Å². The second kappa shape index (κ2) is 4.61. The van der Waals surface area contributed by atoms with Crippen LogP contribution >= 0.6 is 0 Å². The minimum absolute atomic E-state index is 0.724. The fraction of sp³-hybridized carbons (Fsp3) is 0.692. The van der Waals surface area contributed by atoms with Crippen molar-refractivity contribution in [3.05, 3.63) is 18.0 Å². The third-order valence-corrected chi connectivity index (χ3v) is 3.89. The molecule has 4 heteroatoms. The Labute approximate surface area is 103 Å². The molecule has 17 heavy (non-hydrogen) atoms. The van der Waals surface area contributed by atoms with Gasteiger partial charge in [-0.05, 0) is 31.9 Å². The normalized spacial score (nSPS) is 25.7. The Morgan fingerprint density at radius 1 is 1.12 bits per heavy atom. The standard InChI is InChI=1S/C13H20N4/c1-11-8-14-13(15-9-11)17-7-6-16-5-3-2-4-12(16)10-17/h8-9,12H,2-7,10H2,1H3. The number of rotatable bonds is 1. The van der Waals surface area contributed by atoms with E-state index in [1.807, 2.05) is 19.3 Å². The molecule has 2 fully saturated rings. The molecule has 1 unspecified atom stereocenters. The molecule has 3 heterocycles. The molecule has 0 aromatic carbocycles. The van der Waals surface area contributed by atoms with Gasteiger partial charge in [-0.3, -0.25) is 4.90 Å². The highest BCUT2D eigenvalue weighted by atomic mass is 15.3. The van der Waals surface area contributed by atoms with Gasteiger partial charge in [0.15, 0.2) is 0 Å². The van der Waals surface area contributed by atoms with Gasteiger partial charge in [-0.25, -0.2) is 9.97 Å². The van der Waals surface area contributed by atoms with Crippen molar-refractivity contribution in [2.45, 2.75) is 32.2 Å². The maximum atomic E-state index is 4.44. The molecular weight excluding hydrogens is 212 g/mol. The van der Waals surface area contributed by atoms with Gasteiger partial charge in [0, 0.05) is 38.1 Å². The highest BCUT2D eigenvalue weighted by molar-refractivity contribution is 5.31. The summed E-state index contributed by atoms with van der Waals surface area (Å²) in [6.07, 6.45) is 7.91. The van der Waals surface area contributed by atoms with Crippen LogP contribution in [0.5, 0.6) is 0 Å². The summed E-state index contributed by atoms with van der Waals surface area (Å²) in [6, 6.07) is 0.724. The Bertz CT molecular complexity index is 376. The first-order valence-corrected chi connectivity index (χ1v) is 6.60. The molecule has 2 aliphatic rings. The largest absolute Gasteiger partial charge is 0.338 e. The molecule has 1 aromatic rings. The van der Waals surface area contributed by atoms with Gasteiger partial charge >= 0.3 is 0 Å². The van der Waals surface area contributed by atoms with Crippen LogP contribution in [0, 0.1) is 6.92 Å². The lowest BCUT2D eigenvalue weighted by atomic mass is 10.00. The molecule has 3 rings (SSSR count). The van der Waals surface area contributed by atoms with Crippen LogP contribution < -0.4 is 4.90 Å². The zero-order chi connectivity index (χ0) is 11.7. The van der Waals surface area contributed by atoms with E-state index >= 15 is 0 Å². The van der Waals surface area contributed by atoms with E-state index in [4.69, 9.17) is 0 Å². The summed E-state index contributed by atoms with van der Waals surface area (Å²) >= 11 is 0. The number of aromatic nitrogens is 2. The second-order valence-corrected chi connectivity index (χ2v) is 5.19. The minimum Gasteiger partial charge on any atom is -0.338 e. The van der Waals surface area contributed by atoms with Crippen LogP contribution in [0.4, 0.5) is 5.95 Å². The molecule has 0 saturated carbocycles. The zero-order valence-electron chi connectivity index (χ0n) is 10.5. The van der Waals surface area contributed by atoms with Crippen LogP contribution in [0.15, 0.2) is 12.4 Å². The van der Waals surface area contributed by atoms with Crippen LogP contribution in [0.2, 0.25) is 0 Å². The van der Waals surface area contributed by atoms with E-state index in [1.165, 1.54) is 32.4 Å². The number of hydrogen-bond donors (Lipinski definition) is 0. The topological polar surface area (TPSA) is 32.3 Å². The number of aryl methyl sites for hydroxylation is 1. The van der Waals surface area contributed by atoms with E-state index in [1.54, 1.807) is 0 Å². The summed E-state index contributed by atoms with van der Waals surface area (Å²) < 4.78 is 0. The van der Waals surface area contributed by atoms with Crippen molar-refractivity contribution < 1.29 is 0 Å². The van der Waals surface area contributed by atoms with Crippen molar-refractivity contribution in [1.82, 2.24) is 14.9 Å². The zero-order valence-corrected chi connectivity index (χ0v) is 10.5. The third-order valence-electron chi connectivity index (χ3n) is 3.89. The lowest BCUT2D eigenvalue weighted by Crippen LogP contribution is -2.55. The van der Waals surface area contributed by atoms with Crippen molar-refractivity contribution in [3.8, 4) is 0 Å². The molecule has 92 valence electrons. The predicted octanol–water partition coefficient (Wildman–Crippen LogP) is 1.46. The molecule has 0 N–H and O–H groups in total. The molecule has 0 bridgehead atoms. The van der Waals surface area contributed by atoms with Crippen LogP contribution in [0.1, 0.15) is 24.8 Å². The number of fused-ring (bicyclic) bond motifs is 1. The fourth-order valence-corrected chi connectivity index (χ4v) is 2.89. The predicted molar refractivity (Wildman–Crippen MR) is 68.2 cm³/mol. The van der Waals surface area contributed by atoms with Gasteiger partial charge in [0.2, 0.25) is 5.95 Å². The Balaban J connectivity index is 1.71. The first-order valence-electron chi connectivity index (χ1n) is 6.60. The summed E-state index contributed by atoms with van der Waals surface area (Å²) in [7, 11) is 0. The van der Waals surface area contributed by atoms with Crippen molar-refractivity contribution in [2.75, 3.05) is 31.1 Å². The van der Waals surface area contributed by atoms with E-state index in [0.29, 0.717) is 0 Å². The third kappa shape index (κ3) is 2.27. The van der Waals surface area contributed by atoms with Crippen molar-refractivity contribution in [3.63, 3.8) is 0 Å². The van der Waals surface area contributed by atoms with Gasteiger partial charge < -0.3 is 4.90 Å². The Morgan fingerprint density at radius 3 is 2.76 bits per heavy atom. The molecule has 4 nitrogen and oxygen atoms in total. The molecule has 2 aliphatic heterocycles. The van der Waals surface area contributed by atoms with Gasteiger partial charge in [0.1, 0.15) is 0 Å². The number of piperidine rings is 1. The molecular formula is C13H20N4. The SMILES string of the molecule is Cc1cnc(N2CCN3CCCCC3C2)nc1. The number of anilines is 1. The van der Waals surface area contributed by atoms with E-state index in [-0.39, 0.29) is 0 Å². The van der Waals surface area contributed by atoms with Crippen LogP contribution in [0.25, 0.3) is 0 Å². The smallest absolute Gasteiger partial charge is 0.225 e. The van der Waals surface area contributed by atoms with Gasteiger partial charge in [0.25, 0.3) is 0 Å². The fourth-order valence-electron chi connectivity index (χ4n) is 2.89. The van der Waals surface area contributed by atoms with E-state index in [0.717, 1.165) is 30.6 Å². The number of piperazine rings is 1. The summed E-state index contributed by atoms with van der Waals surface area (Å²) in [5.74, 6) is 0.904. The first kappa shape index (κ1) is 11.0. The van der Waals surface area contributed by atoms with E-state index in [9.17, 15) is 0 Å². The average Bonchev–Trinajstić information content (AvgIpc) is 2.39. The summed E-state index contributed by atoms with van der Waals surface area (Å²) in [5.41, 5.74) is 1.13. The second-order valence-electron chi connectivity index (χ2n) is 5.19. The van der Waals surface area contributed by atoms with Crippen LogP contribution in [-0.4, -0.2) is 47.1 Å². The lowest BCUT2D eigenvalue weighted by Gasteiger charge is -2.44. The maximum Gasteiger partial charge on any atom is 0.225 e. The van der Waals surface area contributed by atoms with E-state index < -0.39 is 0 Å².